The molecule has 0 aliphatic carbocycles. The third-order valence-electron chi connectivity index (χ3n) is 3.84. The first-order valence-electron chi connectivity index (χ1n) is 7.40. The van der Waals surface area contributed by atoms with Gasteiger partial charge in [0.25, 0.3) is 0 Å². The van der Waals surface area contributed by atoms with Crippen LogP contribution in [0.15, 0.2) is 18.2 Å². The normalized spacial score (nSPS) is 20.8. The van der Waals surface area contributed by atoms with Crippen LogP contribution in [0.3, 0.4) is 0 Å². The molecule has 1 saturated heterocycles. The van der Waals surface area contributed by atoms with Crippen LogP contribution in [-0.4, -0.2) is 48.6 Å². The molecule has 1 unspecified atom stereocenters. The Bertz CT molecular complexity index is 393. The molecule has 1 aromatic heterocycles. The van der Waals surface area contributed by atoms with Crippen molar-refractivity contribution in [2.45, 2.75) is 33.4 Å². The average molecular weight is 262 g/mol. The van der Waals surface area contributed by atoms with Crippen LogP contribution < -0.4 is 10.2 Å². The maximum absolute atomic E-state index is 4.76. The monoisotopic (exact) mass is 262 g/mol. The van der Waals surface area contributed by atoms with Crippen LogP contribution in [0.1, 0.15) is 26.5 Å². The number of pyridine rings is 1. The topological polar surface area (TPSA) is 31.4 Å². The first kappa shape index (κ1) is 14.3. The Morgan fingerprint density at radius 3 is 2.84 bits per heavy atom. The predicted molar refractivity (Wildman–Crippen MR) is 80.5 cm³/mol. The summed E-state index contributed by atoms with van der Waals surface area (Å²) in [5.74, 6) is 1.12. The summed E-state index contributed by atoms with van der Waals surface area (Å²) >= 11 is 0. The zero-order valence-corrected chi connectivity index (χ0v) is 12.4. The van der Waals surface area contributed by atoms with Crippen molar-refractivity contribution in [3.8, 4) is 0 Å². The molecule has 2 heterocycles. The maximum Gasteiger partial charge on any atom is 0.128 e. The molecular formula is C15H26N4. The Labute approximate surface area is 116 Å². The summed E-state index contributed by atoms with van der Waals surface area (Å²) in [7, 11) is 0. The van der Waals surface area contributed by atoms with E-state index in [4.69, 9.17) is 4.98 Å². The molecule has 1 atom stereocenters. The summed E-state index contributed by atoms with van der Waals surface area (Å²) in [4.78, 5) is 9.70. The molecule has 0 saturated carbocycles. The van der Waals surface area contributed by atoms with Crippen LogP contribution in [-0.2, 0) is 6.54 Å². The smallest absolute Gasteiger partial charge is 0.128 e. The number of rotatable bonds is 5. The SMILES string of the molecule is CCNCc1cccc(N2CCN(CC)C(C)C2)n1. The lowest BCUT2D eigenvalue weighted by atomic mass is 10.2. The number of nitrogens with zero attached hydrogens (tertiary/aromatic N) is 3. The number of nitrogens with one attached hydrogen (secondary N) is 1. The largest absolute Gasteiger partial charge is 0.354 e. The highest BCUT2D eigenvalue weighted by Gasteiger charge is 2.23. The van der Waals surface area contributed by atoms with Crippen molar-refractivity contribution in [1.29, 1.82) is 0 Å². The minimum absolute atomic E-state index is 0.609. The molecule has 1 N–H and O–H groups in total. The third-order valence-corrected chi connectivity index (χ3v) is 3.84. The molecule has 0 bridgehead atoms. The molecule has 1 aliphatic heterocycles. The molecule has 2 rings (SSSR count). The third kappa shape index (κ3) is 3.67. The Kier molecular flexibility index (Phi) is 5.16. The molecule has 1 aromatic rings. The Morgan fingerprint density at radius 1 is 1.32 bits per heavy atom. The van der Waals surface area contributed by atoms with Crippen molar-refractivity contribution in [2.75, 3.05) is 37.6 Å². The Balaban J connectivity index is 2.02. The molecule has 4 heteroatoms. The van der Waals surface area contributed by atoms with Gasteiger partial charge in [0.1, 0.15) is 5.82 Å². The molecule has 0 spiro atoms. The Hall–Kier alpha value is -1.13. The molecule has 106 valence electrons. The van der Waals surface area contributed by atoms with E-state index in [1.807, 2.05) is 0 Å². The number of piperazine rings is 1. The fourth-order valence-corrected chi connectivity index (χ4v) is 2.67. The lowest BCUT2D eigenvalue weighted by Crippen LogP contribution is -2.52. The summed E-state index contributed by atoms with van der Waals surface area (Å²) in [6.45, 7) is 12.9. The summed E-state index contributed by atoms with van der Waals surface area (Å²) in [6, 6.07) is 6.95. The standard InChI is InChI=1S/C15H26N4/c1-4-16-11-14-7-6-8-15(17-14)19-10-9-18(5-2)13(3)12-19/h6-8,13,16H,4-5,9-12H2,1-3H3. The van der Waals surface area contributed by atoms with E-state index < -0.39 is 0 Å². The molecule has 1 fully saturated rings. The maximum atomic E-state index is 4.76. The van der Waals surface area contributed by atoms with Crippen LogP contribution in [0, 0.1) is 0 Å². The zero-order valence-electron chi connectivity index (χ0n) is 12.4. The van der Waals surface area contributed by atoms with Crippen molar-refractivity contribution in [3.63, 3.8) is 0 Å². The molecule has 19 heavy (non-hydrogen) atoms. The number of hydrogen-bond acceptors (Lipinski definition) is 4. The molecule has 0 amide bonds. The van der Waals surface area contributed by atoms with Crippen molar-refractivity contribution < 1.29 is 0 Å². The van der Waals surface area contributed by atoms with E-state index in [0.717, 1.165) is 50.8 Å². The van der Waals surface area contributed by atoms with Gasteiger partial charge in [-0.25, -0.2) is 4.98 Å². The quantitative estimate of drug-likeness (QED) is 0.875. The highest BCUT2D eigenvalue weighted by Crippen LogP contribution is 2.17. The van der Waals surface area contributed by atoms with E-state index in [0.29, 0.717) is 6.04 Å². The van der Waals surface area contributed by atoms with Crippen molar-refractivity contribution in [2.24, 2.45) is 0 Å². The van der Waals surface area contributed by atoms with Gasteiger partial charge in [-0.3, -0.25) is 4.90 Å². The van der Waals surface area contributed by atoms with Crippen molar-refractivity contribution in [3.05, 3.63) is 23.9 Å². The van der Waals surface area contributed by atoms with Gasteiger partial charge in [-0.15, -0.1) is 0 Å². The van der Waals surface area contributed by atoms with Crippen LogP contribution >= 0.6 is 0 Å². The summed E-state index contributed by atoms with van der Waals surface area (Å²) in [6.07, 6.45) is 0. The van der Waals surface area contributed by atoms with E-state index in [1.165, 1.54) is 0 Å². The zero-order chi connectivity index (χ0) is 13.7. The van der Waals surface area contributed by atoms with Gasteiger partial charge in [-0.2, -0.15) is 0 Å². The number of hydrogen-bond donors (Lipinski definition) is 1. The molecule has 1 aliphatic rings. The van der Waals surface area contributed by atoms with Crippen LogP contribution in [0.5, 0.6) is 0 Å². The second-order valence-corrected chi connectivity index (χ2v) is 5.19. The van der Waals surface area contributed by atoms with Crippen LogP contribution in [0.2, 0.25) is 0 Å². The number of likely N-dealkylation sites (N-methyl/N-ethyl adjacent to an activating group) is 1. The van der Waals surface area contributed by atoms with Gasteiger partial charge in [-0.1, -0.05) is 19.9 Å². The fraction of sp³-hybridized carbons (Fsp3) is 0.667. The minimum atomic E-state index is 0.609. The van der Waals surface area contributed by atoms with Gasteiger partial charge >= 0.3 is 0 Å². The molecular weight excluding hydrogens is 236 g/mol. The summed E-state index contributed by atoms with van der Waals surface area (Å²) in [5, 5.41) is 3.33. The molecule has 0 radical (unpaired) electrons. The predicted octanol–water partition coefficient (Wildman–Crippen LogP) is 1.72. The van der Waals surface area contributed by atoms with Gasteiger partial charge in [0.05, 0.1) is 5.69 Å². The summed E-state index contributed by atoms with van der Waals surface area (Å²) in [5.41, 5.74) is 1.13. The lowest BCUT2D eigenvalue weighted by Gasteiger charge is -2.40. The lowest BCUT2D eigenvalue weighted by molar-refractivity contribution is 0.199. The second-order valence-electron chi connectivity index (χ2n) is 5.19. The van der Waals surface area contributed by atoms with Gasteiger partial charge < -0.3 is 10.2 Å². The van der Waals surface area contributed by atoms with Gasteiger partial charge in [0.15, 0.2) is 0 Å². The highest BCUT2D eigenvalue weighted by molar-refractivity contribution is 5.40. The van der Waals surface area contributed by atoms with E-state index in [1.54, 1.807) is 0 Å². The van der Waals surface area contributed by atoms with E-state index >= 15 is 0 Å². The van der Waals surface area contributed by atoms with Crippen molar-refractivity contribution >= 4 is 5.82 Å². The van der Waals surface area contributed by atoms with Gasteiger partial charge in [0, 0.05) is 32.2 Å². The van der Waals surface area contributed by atoms with E-state index in [2.05, 4.69) is 54.1 Å². The van der Waals surface area contributed by atoms with E-state index in [-0.39, 0.29) is 0 Å². The number of anilines is 1. The molecule has 0 aromatic carbocycles. The first-order valence-corrected chi connectivity index (χ1v) is 7.40. The highest BCUT2D eigenvalue weighted by atomic mass is 15.3. The first-order chi connectivity index (χ1) is 9.24. The van der Waals surface area contributed by atoms with Gasteiger partial charge in [0.2, 0.25) is 0 Å². The average Bonchev–Trinajstić information content (AvgIpc) is 2.45. The number of aromatic nitrogens is 1. The van der Waals surface area contributed by atoms with E-state index in [9.17, 15) is 0 Å². The minimum Gasteiger partial charge on any atom is -0.354 e. The Morgan fingerprint density at radius 2 is 2.16 bits per heavy atom. The van der Waals surface area contributed by atoms with Gasteiger partial charge in [-0.05, 0) is 32.1 Å². The van der Waals surface area contributed by atoms with Crippen LogP contribution in [0.4, 0.5) is 5.82 Å². The fourth-order valence-electron chi connectivity index (χ4n) is 2.67. The summed E-state index contributed by atoms with van der Waals surface area (Å²) < 4.78 is 0. The second kappa shape index (κ2) is 6.87. The van der Waals surface area contributed by atoms with Crippen molar-refractivity contribution in [1.82, 2.24) is 15.2 Å². The van der Waals surface area contributed by atoms with Crippen LogP contribution in [0.25, 0.3) is 0 Å². The molecule has 4 nitrogen and oxygen atoms in total.